The number of non-ortho nitro benzene ring substituents is 1. The first kappa shape index (κ1) is 24.0. The largest absolute Gasteiger partial charge is 0.507 e. The zero-order valence-electron chi connectivity index (χ0n) is 18.8. The van der Waals surface area contributed by atoms with Gasteiger partial charge >= 0.3 is 0 Å². The number of rotatable bonds is 8. The first-order valence-electron chi connectivity index (χ1n) is 11.0. The quantitative estimate of drug-likeness (QED) is 0.201. The monoisotopic (exact) mass is 491 g/mol. The van der Waals surface area contributed by atoms with E-state index in [2.05, 4.69) is 10.3 Å². The Morgan fingerprint density at radius 1 is 1.09 bits per heavy atom. The van der Waals surface area contributed by atoms with E-state index in [1.54, 1.807) is 42.5 Å². The second-order valence-electron chi connectivity index (χ2n) is 7.86. The van der Waals surface area contributed by atoms with Gasteiger partial charge in [0.05, 0.1) is 11.0 Å². The molecule has 0 saturated carbocycles. The van der Waals surface area contributed by atoms with Crippen LogP contribution >= 0.6 is 11.6 Å². The molecular weight excluding hydrogens is 470 g/mol. The van der Waals surface area contributed by atoms with Crippen molar-refractivity contribution in [3.8, 4) is 39.6 Å². The third-order valence-electron chi connectivity index (χ3n) is 5.38. The Labute approximate surface area is 206 Å². The van der Waals surface area contributed by atoms with Crippen LogP contribution in [0.25, 0.3) is 33.8 Å². The molecule has 0 aliphatic heterocycles. The lowest BCUT2D eigenvalue weighted by Gasteiger charge is -2.09. The molecule has 4 aromatic rings. The summed E-state index contributed by atoms with van der Waals surface area (Å²) >= 11 is 6.18. The number of hydrogen-bond donors (Lipinski definition) is 2. The van der Waals surface area contributed by atoms with Gasteiger partial charge in [-0.1, -0.05) is 55.3 Å². The molecule has 0 bridgehead atoms. The normalized spacial score (nSPS) is 10.8. The molecule has 2 N–H and O–H groups in total. The van der Waals surface area contributed by atoms with Crippen LogP contribution in [0.4, 0.5) is 11.6 Å². The van der Waals surface area contributed by atoms with E-state index in [9.17, 15) is 20.0 Å². The third kappa shape index (κ3) is 5.33. The Hall–Kier alpha value is -4.17. The lowest BCUT2D eigenvalue weighted by Crippen LogP contribution is -2.11. The summed E-state index contributed by atoms with van der Waals surface area (Å²) in [5, 5.41) is 24.9. The molecule has 35 heavy (non-hydrogen) atoms. The van der Waals surface area contributed by atoms with Gasteiger partial charge in [0.2, 0.25) is 17.7 Å². The van der Waals surface area contributed by atoms with Gasteiger partial charge in [-0.15, -0.1) is 0 Å². The molecule has 0 unspecified atom stereocenters. The van der Waals surface area contributed by atoms with Crippen molar-refractivity contribution in [2.45, 2.75) is 26.2 Å². The Morgan fingerprint density at radius 3 is 2.54 bits per heavy atom. The van der Waals surface area contributed by atoms with Crippen LogP contribution in [0.5, 0.6) is 5.75 Å². The molecule has 178 valence electrons. The van der Waals surface area contributed by atoms with E-state index in [-0.39, 0.29) is 29.1 Å². The van der Waals surface area contributed by atoms with Gasteiger partial charge in [0.15, 0.2) is 0 Å². The number of aromatic hydroxyl groups is 1. The molecule has 0 fully saturated rings. The molecule has 1 amide bonds. The number of phenolic OH excluding ortho intramolecular Hbond substituents is 1. The second-order valence-corrected chi connectivity index (χ2v) is 8.30. The minimum atomic E-state index is -0.575. The van der Waals surface area contributed by atoms with Crippen molar-refractivity contribution in [2.24, 2.45) is 0 Å². The summed E-state index contributed by atoms with van der Waals surface area (Å²) in [4.78, 5) is 27.6. The van der Waals surface area contributed by atoms with Gasteiger partial charge in [0.1, 0.15) is 11.4 Å². The SMILES string of the molecule is CCCCC(=O)Nc1oc(-c2ccccc2-c2ccc([N+](=O)[O-])cc2O)nc1-c1cccc(Cl)c1. The van der Waals surface area contributed by atoms with Gasteiger partial charge in [-0.05, 0) is 36.2 Å². The van der Waals surface area contributed by atoms with E-state index < -0.39 is 4.92 Å². The van der Waals surface area contributed by atoms with Crippen molar-refractivity contribution < 1.29 is 19.2 Å². The second kappa shape index (κ2) is 10.4. The summed E-state index contributed by atoms with van der Waals surface area (Å²) in [5.41, 5.74) is 2.32. The molecule has 4 rings (SSSR count). The number of aromatic nitrogens is 1. The molecule has 9 heteroatoms. The van der Waals surface area contributed by atoms with E-state index in [4.69, 9.17) is 16.0 Å². The fourth-order valence-corrected chi connectivity index (χ4v) is 3.83. The smallest absolute Gasteiger partial charge is 0.273 e. The number of anilines is 1. The summed E-state index contributed by atoms with van der Waals surface area (Å²) in [7, 11) is 0. The van der Waals surface area contributed by atoms with Gasteiger partial charge < -0.3 is 9.52 Å². The minimum absolute atomic E-state index is 0.186. The number of nitro benzene ring substituents is 1. The average molecular weight is 492 g/mol. The van der Waals surface area contributed by atoms with Crippen molar-refractivity contribution in [2.75, 3.05) is 5.32 Å². The number of phenols is 1. The van der Waals surface area contributed by atoms with Crippen LogP contribution in [0.2, 0.25) is 5.02 Å². The molecule has 0 atom stereocenters. The van der Waals surface area contributed by atoms with Gasteiger partial charge in [-0.2, -0.15) is 0 Å². The van der Waals surface area contributed by atoms with Gasteiger partial charge in [-0.25, -0.2) is 4.98 Å². The fraction of sp³-hybridized carbons (Fsp3) is 0.154. The van der Waals surface area contributed by atoms with Crippen LogP contribution in [0.15, 0.2) is 71.1 Å². The number of carbonyl (C=O) groups is 1. The Kier molecular flexibility index (Phi) is 7.12. The molecule has 0 aliphatic rings. The maximum atomic E-state index is 12.5. The first-order valence-corrected chi connectivity index (χ1v) is 11.4. The van der Waals surface area contributed by atoms with Crippen LogP contribution in [0.3, 0.4) is 0 Å². The Morgan fingerprint density at radius 2 is 1.86 bits per heavy atom. The molecule has 0 radical (unpaired) electrons. The van der Waals surface area contributed by atoms with Crippen LogP contribution in [-0.4, -0.2) is 20.9 Å². The minimum Gasteiger partial charge on any atom is -0.507 e. The fourth-order valence-electron chi connectivity index (χ4n) is 3.64. The summed E-state index contributed by atoms with van der Waals surface area (Å²) in [6.07, 6.45) is 1.96. The summed E-state index contributed by atoms with van der Waals surface area (Å²) in [5.74, 6) is -0.0503. The van der Waals surface area contributed by atoms with Gasteiger partial charge in [0, 0.05) is 34.2 Å². The van der Waals surface area contributed by atoms with Crippen LogP contribution in [0.1, 0.15) is 26.2 Å². The number of nitro groups is 1. The highest BCUT2D eigenvalue weighted by Gasteiger charge is 2.22. The number of oxazole rings is 1. The Balaban J connectivity index is 1.82. The third-order valence-corrected chi connectivity index (χ3v) is 5.61. The molecule has 3 aromatic carbocycles. The van der Waals surface area contributed by atoms with E-state index in [0.29, 0.717) is 39.4 Å². The highest BCUT2D eigenvalue weighted by molar-refractivity contribution is 6.30. The summed E-state index contributed by atoms with van der Waals surface area (Å²) in [6.45, 7) is 2.00. The lowest BCUT2D eigenvalue weighted by atomic mass is 9.98. The molecule has 1 heterocycles. The van der Waals surface area contributed by atoms with Crippen LogP contribution < -0.4 is 5.32 Å². The zero-order valence-corrected chi connectivity index (χ0v) is 19.6. The van der Waals surface area contributed by atoms with E-state index in [1.807, 2.05) is 13.0 Å². The van der Waals surface area contributed by atoms with Crippen molar-refractivity contribution in [3.63, 3.8) is 0 Å². The van der Waals surface area contributed by atoms with Crippen molar-refractivity contribution in [1.29, 1.82) is 0 Å². The number of hydrogen-bond acceptors (Lipinski definition) is 6. The zero-order chi connectivity index (χ0) is 24.9. The molecule has 0 spiro atoms. The topological polar surface area (TPSA) is 118 Å². The van der Waals surface area contributed by atoms with E-state index >= 15 is 0 Å². The first-order chi connectivity index (χ1) is 16.9. The number of carbonyl (C=O) groups excluding carboxylic acids is 1. The molecule has 8 nitrogen and oxygen atoms in total. The Bertz CT molecular complexity index is 1400. The molecule has 1 aromatic heterocycles. The predicted octanol–water partition coefficient (Wildman–Crippen LogP) is 7.07. The van der Waals surface area contributed by atoms with Gasteiger partial charge in [0.25, 0.3) is 5.69 Å². The summed E-state index contributed by atoms with van der Waals surface area (Å²) in [6, 6.07) is 18.0. The van der Waals surface area contributed by atoms with Crippen molar-refractivity contribution in [1.82, 2.24) is 4.98 Å². The van der Waals surface area contributed by atoms with E-state index in [1.165, 1.54) is 12.1 Å². The van der Waals surface area contributed by atoms with Crippen molar-refractivity contribution >= 4 is 29.1 Å². The average Bonchev–Trinajstić information content (AvgIpc) is 3.26. The predicted molar refractivity (Wildman–Crippen MR) is 134 cm³/mol. The number of nitrogens with zero attached hydrogens (tertiary/aromatic N) is 2. The highest BCUT2D eigenvalue weighted by atomic mass is 35.5. The number of nitrogens with one attached hydrogen (secondary N) is 1. The number of benzene rings is 3. The van der Waals surface area contributed by atoms with Crippen molar-refractivity contribution in [3.05, 3.63) is 81.9 Å². The number of unbranched alkanes of at least 4 members (excludes halogenated alkanes) is 1. The van der Waals surface area contributed by atoms with E-state index in [0.717, 1.165) is 18.9 Å². The van der Waals surface area contributed by atoms with Crippen LogP contribution in [-0.2, 0) is 4.79 Å². The number of halogens is 1. The standard InChI is InChI=1S/C26H22ClN3O5/c1-2-3-11-23(32)28-26-24(16-7-6-8-17(27)14-16)29-25(35-26)21-10-5-4-9-19(21)20-13-12-18(30(33)34)15-22(20)31/h4-10,12-15,31H,2-3,11H2,1H3,(H,28,32). The lowest BCUT2D eigenvalue weighted by molar-refractivity contribution is -0.384. The molecular formula is C26H22ClN3O5. The molecule has 0 aliphatic carbocycles. The van der Waals surface area contributed by atoms with Crippen LogP contribution in [0, 0.1) is 10.1 Å². The summed E-state index contributed by atoms with van der Waals surface area (Å²) < 4.78 is 6.03. The van der Waals surface area contributed by atoms with Gasteiger partial charge in [-0.3, -0.25) is 20.2 Å². The molecule has 0 saturated heterocycles. The highest BCUT2D eigenvalue weighted by Crippen LogP contribution is 2.41. The maximum Gasteiger partial charge on any atom is 0.273 e. The number of amides is 1. The maximum absolute atomic E-state index is 12.5.